The minimum Gasteiger partial charge on any atom is -0.497 e. The molecule has 0 spiro atoms. The van der Waals surface area contributed by atoms with E-state index in [1.165, 1.54) is 0 Å². The molecule has 0 saturated heterocycles. The van der Waals surface area contributed by atoms with Gasteiger partial charge < -0.3 is 9.47 Å². The molecule has 0 unspecified atom stereocenters. The maximum atomic E-state index is 11.7. The minimum atomic E-state index is -0.358. The summed E-state index contributed by atoms with van der Waals surface area (Å²) in [6, 6.07) is 7.21. The molecule has 0 aliphatic carbocycles. The second-order valence-electron chi connectivity index (χ2n) is 4.39. The lowest BCUT2D eigenvalue weighted by molar-refractivity contribution is -0.141. The summed E-state index contributed by atoms with van der Waals surface area (Å²) in [7, 11) is 1.59. The van der Waals surface area contributed by atoms with Crippen molar-refractivity contribution in [3.05, 3.63) is 29.8 Å². The number of carbonyl (C=O) groups excluding carboxylic acids is 2. The van der Waals surface area contributed by atoms with Crippen molar-refractivity contribution in [3.8, 4) is 5.75 Å². The molecule has 0 radical (unpaired) electrons. The van der Waals surface area contributed by atoms with Crippen LogP contribution in [0.1, 0.15) is 25.8 Å². The highest BCUT2D eigenvalue weighted by Gasteiger charge is 2.06. The van der Waals surface area contributed by atoms with E-state index in [4.69, 9.17) is 9.47 Å². The fraction of sp³-hybridized carbons (Fsp3) is 0.400. The van der Waals surface area contributed by atoms with Crippen LogP contribution < -0.4 is 10.2 Å². The van der Waals surface area contributed by atoms with E-state index >= 15 is 0 Å². The zero-order valence-electron chi connectivity index (χ0n) is 12.5. The van der Waals surface area contributed by atoms with Crippen molar-refractivity contribution in [2.75, 3.05) is 13.7 Å². The second kappa shape index (κ2) is 8.73. The number of hydrazone groups is 1. The lowest BCUT2D eigenvalue weighted by atomic mass is 10.1. The number of hydrogen-bond acceptors (Lipinski definition) is 5. The summed E-state index contributed by atoms with van der Waals surface area (Å²) in [4.78, 5) is 22.9. The molecular weight excluding hydrogens is 272 g/mol. The monoisotopic (exact) mass is 292 g/mol. The lowest BCUT2D eigenvalue weighted by Crippen LogP contribution is -2.22. The highest BCUT2D eigenvalue weighted by atomic mass is 16.5. The largest absolute Gasteiger partial charge is 0.497 e. The Morgan fingerprint density at radius 3 is 2.48 bits per heavy atom. The Hall–Kier alpha value is -2.37. The lowest BCUT2D eigenvalue weighted by Gasteiger charge is -2.04. The van der Waals surface area contributed by atoms with E-state index in [0.717, 1.165) is 11.3 Å². The topological polar surface area (TPSA) is 77.0 Å². The minimum absolute atomic E-state index is 0.0661. The summed E-state index contributed by atoms with van der Waals surface area (Å²) >= 11 is 0. The predicted molar refractivity (Wildman–Crippen MR) is 79.2 cm³/mol. The van der Waals surface area contributed by atoms with Crippen LogP contribution in [0.15, 0.2) is 29.4 Å². The first-order valence-electron chi connectivity index (χ1n) is 6.65. The van der Waals surface area contributed by atoms with Crippen molar-refractivity contribution >= 4 is 17.6 Å². The Morgan fingerprint density at radius 2 is 1.90 bits per heavy atom. The van der Waals surface area contributed by atoms with Crippen LogP contribution in [0.5, 0.6) is 5.75 Å². The van der Waals surface area contributed by atoms with E-state index in [1.54, 1.807) is 33.1 Å². The summed E-state index contributed by atoms with van der Waals surface area (Å²) in [6.45, 7) is 3.72. The van der Waals surface area contributed by atoms with Crippen LogP contribution in [0, 0.1) is 0 Å². The molecule has 6 heteroatoms. The third kappa shape index (κ3) is 6.56. The Kier molecular flexibility index (Phi) is 6.94. The molecule has 1 N–H and O–H groups in total. The summed E-state index contributed by atoms with van der Waals surface area (Å²) in [5.74, 6) is 0.133. The number of hydrogen-bond donors (Lipinski definition) is 1. The molecule has 0 bridgehead atoms. The number of carbonyl (C=O) groups is 2. The number of nitrogens with zero attached hydrogens (tertiary/aromatic N) is 1. The molecule has 0 aliphatic rings. The van der Waals surface area contributed by atoms with Gasteiger partial charge in [-0.1, -0.05) is 12.1 Å². The van der Waals surface area contributed by atoms with Gasteiger partial charge in [-0.05, 0) is 31.5 Å². The number of methoxy groups -OCH3 is 1. The second-order valence-corrected chi connectivity index (χ2v) is 4.39. The van der Waals surface area contributed by atoms with E-state index < -0.39 is 0 Å². The highest BCUT2D eigenvalue weighted by Crippen LogP contribution is 2.11. The standard InChI is InChI=1S/C15H20N2O4/c1-4-21-15(19)9-11(2)16-17-14(18)10-12-5-7-13(20-3)8-6-12/h5-8H,4,9-10H2,1-3H3,(H,17,18). The summed E-state index contributed by atoms with van der Waals surface area (Å²) in [5.41, 5.74) is 3.77. The molecule has 0 heterocycles. The maximum absolute atomic E-state index is 11.7. The number of nitrogens with one attached hydrogen (secondary N) is 1. The van der Waals surface area contributed by atoms with Gasteiger partial charge >= 0.3 is 5.97 Å². The van der Waals surface area contributed by atoms with Crippen LogP contribution in [0.2, 0.25) is 0 Å². The van der Waals surface area contributed by atoms with Crippen molar-refractivity contribution in [2.45, 2.75) is 26.7 Å². The van der Waals surface area contributed by atoms with Crippen LogP contribution in [0.25, 0.3) is 0 Å². The zero-order valence-corrected chi connectivity index (χ0v) is 12.5. The van der Waals surface area contributed by atoms with Gasteiger partial charge in [-0.3, -0.25) is 9.59 Å². The van der Waals surface area contributed by atoms with Crippen molar-refractivity contribution in [3.63, 3.8) is 0 Å². The number of benzene rings is 1. The van der Waals surface area contributed by atoms with Gasteiger partial charge in [0.2, 0.25) is 5.91 Å². The predicted octanol–water partition coefficient (Wildman–Crippen LogP) is 1.68. The third-order valence-corrected chi connectivity index (χ3v) is 2.60. The molecule has 0 saturated carbocycles. The van der Waals surface area contributed by atoms with Crippen LogP contribution in [-0.2, 0) is 20.7 Å². The van der Waals surface area contributed by atoms with Gasteiger partial charge in [-0.25, -0.2) is 5.43 Å². The van der Waals surface area contributed by atoms with Gasteiger partial charge in [-0.2, -0.15) is 5.10 Å². The van der Waals surface area contributed by atoms with Crippen molar-refractivity contribution in [2.24, 2.45) is 5.10 Å². The Bertz CT molecular complexity index is 509. The third-order valence-electron chi connectivity index (χ3n) is 2.60. The first-order valence-corrected chi connectivity index (χ1v) is 6.65. The fourth-order valence-electron chi connectivity index (χ4n) is 1.59. The molecule has 21 heavy (non-hydrogen) atoms. The number of ether oxygens (including phenoxy) is 2. The smallest absolute Gasteiger partial charge is 0.311 e. The number of rotatable bonds is 7. The average Bonchev–Trinajstić information content (AvgIpc) is 2.46. The van der Waals surface area contributed by atoms with Crippen LogP contribution >= 0.6 is 0 Å². The van der Waals surface area contributed by atoms with Gasteiger partial charge in [0.25, 0.3) is 0 Å². The molecule has 0 aliphatic heterocycles. The molecule has 114 valence electrons. The first kappa shape index (κ1) is 16.7. The molecule has 1 rings (SSSR count). The van der Waals surface area contributed by atoms with Crippen LogP contribution in [-0.4, -0.2) is 31.3 Å². The zero-order chi connectivity index (χ0) is 15.7. The van der Waals surface area contributed by atoms with Crippen molar-refractivity contribution < 1.29 is 19.1 Å². The SMILES string of the molecule is CCOC(=O)CC(C)=NNC(=O)Cc1ccc(OC)cc1. The van der Waals surface area contributed by atoms with Crippen molar-refractivity contribution in [1.29, 1.82) is 0 Å². The van der Waals surface area contributed by atoms with E-state index in [0.29, 0.717) is 12.3 Å². The Morgan fingerprint density at radius 1 is 1.24 bits per heavy atom. The van der Waals surface area contributed by atoms with Crippen LogP contribution in [0.4, 0.5) is 0 Å². The molecular formula is C15H20N2O4. The normalized spacial score (nSPS) is 10.9. The fourth-order valence-corrected chi connectivity index (χ4v) is 1.59. The number of amides is 1. The van der Waals surface area contributed by atoms with Gasteiger partial charge in [0.1, 0.15) is 5.75 Å². The Labute approximate surface area is 124 Å². The van der Waals surface area contributed by atoms with E-state index in [2.05, 4.69) is 10.5 Å². The molecule has 0 aromatic heterocycles. The molecule has 0 fully saturated rings. The summed E-state index contributed by atoms with van der Waals surface area (Å²) < 4.78 is 9.84. The molecule has 6 nitrogen and oxygen atoms in total. The highest BCUT2D eigenvalue weighted by molar-refractivity contribution is 5.98. The van der Waals surface area contributed by atoms with E-state index in [1.807, 2.05) is 12.1 Å². The molecule has 0 atom stereocenters. The van der Waals surface area contributed by atoms with Gasteiger partial charge in [0.15, 0.2) is 0 Å². The van der Waals surface area contributed by atoms with Gasteiger partial charge in [0.05, 0.1) is 26.6 Å². The average molecular weight is 292 g/mol. The maximum Gasteiger partial charge on any atom is 0.311 e. The molecule has 1 amide bonds. The first-order chi connectivity index (χ1) is 10.0. The van der Waals surface area contributed by atoms with E-state index in [9.17, 15) is 9.59 Å². The summed E-state index contributed by atoms with van der Waals surface area (Å²) in [5, 5.41) is 3.87. The van der Waals surface area contributed by atoms with Crippen molar-refractivity contribution in [1.82, 2.24) is 5.43 Å². The molecule has 1 aromatic rings. The number of esters is 1. The Balaban J connectivity index is 2.43. The van der Waals surface area contributed by atoms with Crippen LogP contribution in [0.3, 0.4) is 0 Å². The molecule has 1 aromatic carbocycles. The van der Waals surface area contributed by atoms with Gasteiger partial charge in [0, 0.05) is 5.71 Å². The summed E-state index contributed by atoms with van der Waals surface area (Å²) in [6.07, 6.45) is 0.275. The van der Waals surface area contributed by atoms with Gasteiger partial charge in [-0.15, -0.1) is 0 Å². The van der Waals surface area contributed by atoms with E-state index in [-0.39, 0.29) is 24.7 Å². The quantitative estimate of drug-likeness (QED) is 0.471.